The molecule has 2 aromatic carbocycles. The number of rotatable bonds is 4. The van der Waals surface area contributed by atoms with Gasteiger partial charge >= 0.3 is 0 Å². The fraction of sp³-hybridized carbons (Fsp3) is 0.318. The second-order valence-electron chi connectivity index (χ2n) is 7.17. The molecule has 29 heavy (non-hydrogen) atoms. The van der Waals surface area contributed by atoms with E-state index in [2.05, 4.69) is 15.0 Å². The van der Waals surface area contributed by atoms with Crippen LogP contribution >= 0.6 is 12.4 Å². The topological polar surface area (TPSA) is 62.5 Å². The number of hydrogen-bond donors (Lipinski definition) is 0. The van der Waals surface area contributed by atoms with Gasteiger partial charge in [-0.15, -0.1) is 12.4 Å². The highest BCUT2D eigenvalue weighted by atomic mass is 35.5. The van der Waals surface area contributed by atoms with Gasteiger partial charge in [-0.05, 0) is 37.6 Å². The molecule has 2 heterocycles. The lowest BCUT2D eigenvalue weighted by atomic mass is 10.1. The maximum atomic E-state index is 12.8. The van der Waals surface area contributed by atoms with Gasteiger partial charge < -0.3 is 9.42 Å². The van der Waals surface area contributed by atoms with Crippen molar-refractivity contribution in [2.24, 2.45) is 0 Å². The second-order valence-corrected chi connectivity index (χ2v) is 7.17. The number of hydrogen-bond acceptors (Lipinski definition) is 5. The molecule has 0 atom stereocenters. The highest BCUT2D eigenvalue weighted by Crippen LogP contribution is 2.17. The Labute approximate surface area is 176 Å². The van der Waals surface area contributed by atoms with Gasteiger partial charge in [-0.1, -0.05) is 41.1 Å². The van der Waals surface area contributed by atoms with Crippen LogP contribution in [0.4, 0.5) is 0 Å². The van der Waals surface area contributed by atoms with Crippen molar-refractivity contribution in [2.75, 3.05) is 26.2 Å². The summed E-state index contributed by atoms with van der Waals surface area (Å²) in [5.41, 5.74) is 2.84. The van der Waals surface area contributed by atoms with E-state index in [0.29, 0.717) is 24.8 Å². The monoisotopic (exact) mass is 412 g/mol. The van der Waals surface area contributed by atoms with Crippen LogP contribution in [0.3, 0.4) is 0 Å². The van der Waals surface area contributed by atoms with Crippen molar-refractivity contribution in [1.82, 2.24) is 19.9 Å². The van der Waals surface area contributed by atoms with Gasteiger partial charge in [0.25, 0.3) is 11.8 Å². The van der Waals surface area contributed by atoms with Gasteiger partial charge in [-0.2, -0.15) is 4.98 Å². The molecule has 7 heteroatoms. The van der Waals surface area contributed by atoms with E-state index in [1.54, 1.807) is 0 Å². The summed E-state index contributed by atoms with van der Waals surface area (Å²) in [6, 6.07) is 17.6. The van der Waals surface area contributed by atoms with Gasteiger partial charge in [0.05, 0.1) is 6.54 Å². The van der Waals surface area contributed by atoms with E-state index in [-0.39, 0.29) is 18.3 Å². The van der Waals surface area contributed by atoms with Crippen LogP contribution in [0, 0.1) is 6.92 Å². The first kappa shape index (κ1) is 21.0. The van der Waals surface area contributed by atoms with Crippen LogP contribution in [0.15, 0.2) is 59.1 Å². The van der Waals surface area contributed by atoms with Gasteiger partial charge in [-0.25, -0.2) is 0 Å². The van der Waals surface area contributed by atoms with E-state index in [4.69, 9.17) is 4.52 Å². The molecule has 6 nitrogen and oxygen atoms in total. The summed E-state index contributed by atoms with van der Waals surface area (Å²) in [4.78, 5) is 21.5. The average molecular weight is 413 g/mol. The average Bonchev–Trinajstić information content (AvgIpc) is 3.07. The van der Waals surface area contributed by atoms with E-state index in [9.17, 15) is 4.79 Å². The predicted octanol–water partition coefficient (Wildman–Crippen LogP) is 3.81. The predicted molar refractivity (Wildman–Crippen MR) is 114 cm³/mol. The lowest BCUT2D eigenvalue weighted by Gasteiger charge is -2.21. The Hall–Kier alpha value is -2.70. The van der Waals surface area contributed by atoms with Crippen molar-refractivity contribution >= 4 is 18.3 Å². The maximum absolute atomic E-state index is 12.8. The lowest BCUT2D eigenvalue weighted by molar-refractivity contribution is 0.0761. The van der Waals surface area contributed by atoms with Crippen LogP contribution in [-0.2, 0) is 6.54 Å². The van der Waals surface area contributed by atoms with E-state index < -0.39 is 0 Å². The molecule has 0 bridgehead atoms. The van der Waals surface area contributed by atoms with Crippen molar-refractivity contribution in [2.45, 2.75) is 19.9 Å². The summed E-state index contributed by atoms with van der Waals surface area (Å²) < 4.78 is 5.40. The van der Waals surface area contributed by atoms with E-state index in [1.807, 2.05) is 66.4 Å². The van der Waals surface area contributed by atoms with E-state index in [0.717, 1.165) is 42.7 Å². The fourth-order valence-electron chi connectivity index (χ4n) is 3.43. The Bertz CT molecular complexity index is 928. The molecule has 0 N–H and O–H groups in total. The zero-order valence-corrected chi connectivity index (χ0v) is 17.3. The lowest BCUT2D eigenvalue weighted by Crippen LogP contribution is -2.35. The Morgan fingerprint density at radius 1 is 1.00 bits per heavy atom. The highest BCUT2D eigenvalue weighted by molar-refractivity contribution is 5.94. The molecule has 0 spiro atoms. The first-order valence-corrected chi connectivity index (χ1v) is 9.65. The zero-order valence-electron chi connectivity index (χ0n) is 16.5. The van der Waals surface area contributed by atoms with Crippen LogP contribution < -0.4 is 0 Å². The molecule has 1 aliphatic heterocycles. The largest absolute Gasteiger partial charge is 0.337 e. The van der Waals surface area contributed by atoms with Gasteiger partial charge in [0.2, 0.25) is 0 Å². The molecule has 3 aromatic rings. The first-order chi connectivity index (χ1) is 13.7. The number of carbonyl (C=O) groups excluding carboxylic acids is 1. The normalized spacial score (nSPS) is 14.9. The van der Waals surface area contributed by atoms with Crippen molar-refractivity contribution in [1.29, 1.82) is 0 Å². The Morgan fingerprint density at radius 3 is 2.52 bits per heavy atom. The molecule has 0 aliphatic carbocycles. The van der Waals surface area contributed by atoms with Crippen LogP contribution in [0.5, 0.6) is 0 Å². The van der Waals surface area contributed by atoms with Crippen molar-refractivity contribution in [3.8, 4) is 11.5 Å². The zero-order chi connectivity index (χ0) is 19.3. The maximum Gasteiger partial charge on any atom is 0.257 e. The molecule has 1 saturated heterocycles. The van der Waals surface area contributed by atoms with Gasteiger partial charge in [-0.3, -0.25) is 9.69 Å². The number of nitrogens with zero attached hydrogens (tertiary/aromatic N) is 4. The molecule has 0 saturated carbocycles. The molecule has 152 valence electrons. The standard InChI is InChI=1S/C22H24N4O2.ClH/c1-17-8-10-19(11-9-17)22(27)26-13-5-12-25(14-15-26)16-20-23-21(28-24-20)18-6-3-2-4-7-18;/h2-4,6-11H,5,12-16H2,1H3;1H. The molecule has 1 aliphatic rings. The number of aromatic nitrogens is 2. The Balaban J connectivity index is 0.00000240. The summed E-state index contributed by atoms with van der Waals surface area (Å²) in [6.45, 7) is 5.84. The Morgan fingerprint density at radius 2 is 1.76 bits per heavy atom. The molecule has 0 radical (unpaired) electrons. The molecule has 1 amide bonds. The third-order valence-electron chi connectivity index (χ3n) is 5.03. The molecular formula is C22H25ClN4O2. The molecule has 4 rings (SSSR count). The summed E-state index contributed by atoms with van der Waals surface area (Å²) in [5, 5.41) is 4.12. The van der Waals surface area contributed by atoms with Crippen LogP contribution in [0.1, 0.15) is 28.2 Å². The molecular weight excluding hydrogens is 388 g/mol. The molecule has 1 aromatic heterocycles. The third kappa shape index (κ3) is 5.22. The number of carbonyl (C=O) groups is 1. The van der Waals surface area contributed by atoms with Crippen LogP contribution in [0.2, 0.25) is 0 Å². The SMILES string of the molecule is Cc1ccc(C(=O)N2CCCN(Cc3noc(-c4ccccc4)n3)CC2)cc1.Cl. The minimum atomic E-state index is 0. The van der Waals surface area contributed by atoms with Gasteiger partial charge in [0.1, 0.15) is 0 Å². The summed E-state index contributed by atoms with van der Waals surface area (Å²) >= 11 is 0. The van der Waals surface area contributed by atoms with E-state index >= 15 is 0 Å². The van der Waals surface area contributed by atoms with E-state index in [1.165, 1.54) is 0 Å². The van der Waals surface area contributed by atoms with Gasteiger partial charge in [0, 0.05) is 37.3 Å². The number of benzene rings is 2. The first-order valence-electron chi connectivity index (χ1n) is 9.65. The fourth-order valence-corrected chi connectivity index (χ4v) is 3.43. The summed E-state index contributed by atoms with van der Waals surface area (Å²) in [6.07, 6.45) is 0.932. The number of aryl methyl sites for hydroxylation is 1. The van der Waals surface area contributed by atoms with Crippen LogP contribution in [0.25, 0.3) is 11.5 Å². The molecule has 1 fully saturated rings. The van der Waals surface area contributed by atoms with Crippen molar-refractivity contribution in [3.63, 3.8) is 0 Å². The highest BCUT2D eigenvalue weighted by Gasteiger charge is 2.21. The quantitative estimate of drug-likeness (QED) is 0.652. The van der Waals surface area contributed by atoms with Crippen molar-refractivity contribution in [3.05, 3.63) is 71.5 Å². The summed E-state index contributed by atoms with van der Waals surface area (Å²) in [7, 11) is 0. The number of halogens is 1. The smallest absolute Gasteiger partial charge is 0.257 e. The number of amides is 1. The van der Waals surface area contributed by atoms with Crippen molar-refractivity contribution < 1.29 is 9.32 Å². The minimum absolute atomic E-state index is 0. The molecule has 0 unspecified atom stereocenters. The third-order valence-corrected chi connectivity index (χ3v) is 5.03. The van der Waals surface area contributed by atoms with Crippen LogP contribution in [-0.4, -0.2) is 52.0 Å². The summed E-state index contributed by atoms with van der Waals surface area (Å²) in [5.74, 6) is 1.33. The Kier molecular flexibility index (Phi) is 7.01. The minimum Gasteiger partial charge on any atom is -0.337 e. The van der Waals surface area contributed by atoms with Gasteiger partial charge in [0.15, 0.2) is 5.82 Å². The second kappa shape index (κ2) is 9.67.